The van der Waals surface area contributed by atoms with Gasteiger partial charge in [0.15, 0.2) is 5.78 Å². The van der Waals surface area contributed by atoms with E-state index < -0.39 is 0 Å². The Bertz CT molecular complexity index is 838. The molecule has 1 N–H and O–H groups in total. The molecule has 4 aliphatic carbocycles. The van der Waals surface area contributed by atoms with Crippen molar-refractivity contribution in [2.45, 2.75) is 85.6 Å². The first-order chi connectivity index (χ1) is 15.0. The Balaban J connectivity index is 1.55. The Labute approximate surface area is 195 Å². The molecular weight excluding hydrogens is 396 g/mol. The Kier molecular flexibility index (Phi) is 6.24. The lowest BCUT2D eigenvalue weighted by molar-refractivity contribution is -0.141. The molecule has 3 fully saturated rings. The minimum absolute atomic E-state index is 0.0390. The summed E-state index contributed by atoms with van der Waals surface area (Å²) in [6, 6.07) is 0.625. The van der Waals surface area contributed by atoms with Crippen LogP contribution in [-0.4, -0.2) is 36.7 Å². The van der Waals surface area contributed by atoms with Crippen LogP contribution >= 0.6 is 0 Å². The summed E-state index contributed by atoms with van der Waals surface area (Å²) in [5, 5.41) is 2.89. The van der Waals surface area contributed by atoms with Gasteiger partial charge in [-0.05, 0) is 114 Å². The number of carbonyl (C=O) groups is 2. The van der Waals surface area contributed by atoms with Crippen LogP contribution in [0.2, 0.25) is 0 Å². The van der Waals surface area contributed by atoms with Crippen molar-refractivity contribution < 1.29 is 9.59 Å². The normalized spacial score (nSPS) is 41.8. The van der Waals surface area contributed by atoms with Gasteiger partial charge >= 0.3 is 0 Å². The van der Waals surface area contributed by atoms with Crippen LogP contribution in [0, 0.1) is 40.4 Å². The van der Waals surface area contributed by atoms with Crippen LogP contribution in [0.1, 0.15) is 79.6 Å². The second-order valence-corrected chi connectivity index (χ2v) is 12.3. The second-order valence-electron chi connectivity index (χ2n) is 12.3. The van der Waals surface area contributed by atoms with Gasteiger partial charge in [-0.3, -0.25) is 9.59 Å². The van der Waals surface area contributed by atoms with Gasteiger partial charge in [-0.25, -0.2) is 0 Å². The zero-order valence-corrected chi connectivity index (χ0v) is 21.3. The van der Waals surface area contributed by atoms with Gasteiger partial charge in [0.2, 0.25) is 5.91 Å². The number of amides is 1. The fourth-order valence-corrected chi connectivity index (χ4v) is 8.53. The molecule has 0 bridgehead atoms. The minimum Gasteiger partial charge on any atom is -0.320 e. The van der Waals surface area contributed by atoms with Crippen molar-refractivity contribution in [1.29, 1.82) is 0 Å². The third-order valence-electron chi connectivity index (χ3n) is 10.3. The van der Waals surface area contributed by atoms with E-state index in [1.165, 1.54) is 32.1 Å². The third-order valence-corrected chi connectivity index (χ3v) is 10.3. The van der Waals surface area contributed by atoms with Gasteiger partial charge in [0, 0.05) is 18.0 Å². The van der Waals surface area contributed by atoms with Crippen molar-refractivity contribution in [3.8, 4) is 0 Å². The molecule has 1 amide bonds. The van der Waals surface area contributed by atoms with Crippen LogP contribution in [0.25, 0.3) is 0 Å². The maximum absolute atomic E-state index is 13.5. The lowest BCUT2D eigenvalue weighted by Gasteiger charge is -2.60. The summed E-state index contributed by atoms with van der Waals surface area (Å²) >= 11 is 0. The molecule has 3 saturated carbocycles. The zero-order chi connectivity index (χ0) is 23.4. The Morgan fingerprint density at radius 2 is 1.78 bits per heavy atom. The van der Waals surface area contributed by atoms with E-state index in [4.69, 9.17) is 0 Å². The van der Waals surface area contributed by atoms with Crippen molar-refractivity contribution in [1.82, 2.24) is 10.2 Å². The summed E-state index contributed by atoms with van der Waals surface area (Å²) in [6.45, 7) is 11.2. The maximum Gasteiger partial charge on any atom is 0.248 e. The summed E-state index contributed by atoms with van der Waals surface area (Å²) in [6.07, 6.45) is 11.9. The maximum atomic E-state index is 13.5. The van der Waals surface area contributed by atoms with Crippen molar-refractivity contribution >= 4 is 11.7 Å². The highest BCUT2D eigenvalue weighted by atomic mass is 16.2. The molecular formula is C28H44N2O2. The molecule has 0 radical (unpaired) electrons. The molecule has 4 nitrogen and oxygen atoms in total. The van der Waals surface area contributed by atoms with E-state index in [0.29, 0.717) is 23.1 Å². The van der Waals surface area contributed by atoms with Gasteiger partial charge < -0.3 is 10.2 Å². The van der Waals surface area contributed by atoms with E-state index in [-0.39, 0.29) is 23.0 Å². The van der Waals surface area contributed by atoms with Gasteiger partial charge in [-0.15, -0.1) is 0 Å². The van der Waals surface area contributed by atoms with Crippen LogP contribution in [0.5, 0.6) is 0 Å². The molecule has 32 heavy (non-hydrogen) atoms. The first kappa shape index (κ1) is 23.7. The van der Waals surface area contributed by atoms with Crippen LogP contribution < -0.4 is 5.32 Å². The highest BCUT2D eigenvalue weighted by Crippen LogP contribution is 2.67. The molecule has 0 heterocycles. The van der Waals surface area contributed by atoms with Crippen LogP contribution in [0.4, 0.5) is 0 Å². The predicted molar refractivity (Wildman–Crippen MR) is 130 cm³/mol. The summed E-state index contributed by atoms with van der Waals surface area (Å²) in [5.41, 5.74) is 1.96. The van der Waals surface area contributed by atoms with E-state index in [1.807, 2.05) is 19.9 Å². The van der Waals surface area contributed by atoms with Crippen molar-refractivity contribution in [3.05, 3.63) is 23.4 Å². The molecule has 0 aromatic carbocycles. The molecule has 4 rings (SSSR count). The number of rotatable bonds is 4. The van der Waals surface area contributed by atoms with Crippen LogP contribution in [-0.2, 0) is 9.59 Å². The Hall–Kier alpha value is -1.42. The SMILES string of the molecule is CC(C)=CC(=O)NC1=CC[C@]2(C)[C@H](CC[C@H]3[C@H]2CC[C@]2(C)[C@@H]3CC[C@H]2[C@@H](C)N(C)C)C1=O. The first-order valence-corrected chi connectivity index (χ1v) is 12.9. The standard InChI is InChI=1S/C28H44N2O2/c1-17(2)16-25(31)29-24-13-15-28(5)22-12-14-27(4)20(18(3)30(6)7)10-11-21(27)19(22)8-9-23(28)26(24)32/h13,16,18-23H,8-12,14-15H2,1-7H3,(H,29,31)/t18-,19-,20+,21-,22-,23-,27+,28+/m1/s1. The lowest BCUT2D eigenvalue weighted by atomic mass is 9.45. The van der Waals surface area contributed by atoms with Crippen molar-refractivity contribution in [2.75, 3.05) is 14.1 Å². The third kappa shape index (κ3) is 3.71. The highest BCUT2D eigenvalue weighted by molar-refractivity contribution is 6.03. The van der Waals surface area contributed by atoms with Gasteiger partial charge in [0.25, 0.3) is 0 Å². The highest BCUT2D eigenvalue weighted by Gasteiger charge is 2.61. The summed E-state index contributed by atoms with van der Waals surface area (Å²) < 4.78 is 0. The first-order valence-electron chi connectivity index (χ1n) is 12.9. The molecule has 4 aliphatic rings. The fraction of sp³-hybridized carbons (Fsp3) is 0.786. The van der Waals surface area contributed by atoms with Gasteiger partial charge in [-0.2, -0.15) is 0 Å². The molecule has 0 aromatic heterocycles. The molecule has 0 spiro atoms. The van der Waals surface area contributed by atoms with Crippen LogP contribution in [0.15, 0.2) is 23.4 Å². The smallest absolute Gasteiger partial charge is 0.248 e. The molecule has 0 aromatic rings. The number of hydrogen-bond acceptors (Lipinski definition) is 3. The van der Waals surface area contributed by atoms with Crippen molar-refractivity contribution in [2.24, 2.45) is 40.4 Å². The molecule has 178 valence electrons. The fourth-order valence-electron chi connectivity index (χ4n) is 8.53. The minimum atomic E-state index is -0.178. The average molecular weight is 441 g/mol. The number of carbonyl (C=O) groups excluding carboxylic acids is 2. The monoisotopic (exact) mass is 440 g/mol. The molecule has 8 atom stereocenters. The van der Waals surface area contributed by atoms with E-state index in [2.05, 4.69) is 45.1 Å². The summed E-state index contributed by atoms with van der Waals surface area (Å²) in [7, 11) is 4.46. The molecule has 0 unspecified atom stereocenters. The number of Topliss-reactive ketones (excluding diaryl/α,β-unsaturated/α-hetero) is 1. The number of fused-ring (bicyclic) bond motifs is 5. The Morgan fingerprint density at radius 1 is 1.09 bits per heavy atom. The summed E-state index contributed by atoms with van der Waals surface area (Å²) in [4.78, 5) is 28.1. The number of nitrogens with one attached hydrogen (secondary N) is 1. The Morgan fingerprint density at radius 3 is 2.44 bits per heavy atom. The largest absolute Gasteiger partial charge is 0.320 e. The zero-order valence-electron chi connectivity index (χ0n) is 21.3. The second kappa shape index (κ2) is 8.42. The average Bonchev–Trinajstić information content (AvgIpc) is 3.06. The molecule has 0 aliphatic heterocycles. The topological polar surface area (TPSA) is 49.4 Å². The van der Waals surface area contributed by atoms with Crippen molar-refractivity contribution in [3.63, 3.8) is 0 Å². The molecule has 0 saturated heterocycles. The van der Waals surface area contributed by atoms with Gasteiger partial charge in [0.1, 0.15) is 0 Å². The van der Waals surface area contributed by atoms with Crippen LogP contribution in [0.3, 0.4) is 0 Å². The van der Waals surface area contributed by atoms with E-state index in [1.54, 1.807) is 6.08 Å². The van der Waals surface area contributed by atoms with E-state index in [9.17, 15) is 9.59 Å². The summed E-state index contributed by atoms with van der Waals surface area (Å²) in [5.74, 6) is 3.00. The molecule has 4 heteroatoms. The number of ketones is 1. The van der Waals surface area contributed by atoms with Gasteiger partial charge in [-0.1, -0.05) is 25.5 Å². The number of hydrogen-bond donors (Lipinski definition) is 1. The van der Waals surface area contributed by atoms with E-state index in [0.717, 1.165) is 36.2 Å². The quantitative estimate of drug-likeness (QED) is 0.600. The van der Waals surface area contributed by atoms with E-state index >= 15 is 0 Å². The van der Waals surface area contributed by atoms with Gasteiger partial charge in [0.05, 0.1) is 5.70 Å². The lowest BCUT2D eigenvalue weighted by Crippen LogP contribution is -2.56. The number of allylic oxidation sites excluding steroid dienone is 3. The predicted octanol–water partition coefficient (Wildman–Crippen LogP) is 5.35. The number of nitrogens with zero attached hydrogens (tertiary/aromatic N) is 1.